The molecule has 5 heteroatoms. The largest absolute Gasteiger partial charge is 0.481 e. The van der Waals surface area contributed by atoms with Crippen molar-refractivity contribution in [3.05, 3.63) is 35.4 Å². The minimum atomic E-state index is -1.18. The number of carboxylic acids is 1. The number of nitrogens with one attached hydrogen (secondary N) is 1. The topological polar surface area (TPSA) is 75.6 Å². The average Bonchev–Trinajstić information content (AvgIpc) is 2.34. The molecule has 1 amide bonds. The second-order valence-corrected chi connectivity index (χ2v) is 6.96. The molecule has 1 atom stereocenters. The molecule has 122 valence electrons. The fourth-order valence-electron chi connectivity index (χ4n) is 2.11. The van der Waals surface area contributed by atoms with Crippen molar-refractivity contribution in [3.8, 4) is 0 Å². The van der Waals surface area contributed by atoms with E-state index in [1.807, 2.05) is 31.2 Å². The number of alkyl carbamates (subject to hydrolysis) is 1. The average molecular weight is 307 g/mol. The highest BCUT2D eigenvalue weighted by molar-refractivity contribution is 5.77. The van der Waals surface area contributed by atoms with Crippen molar-refractivity contribution in [2.24, 2.45) is 5.41 Å². The SMILES string of the molecule is Cc1ccccc1[C@@H](NC(=O)OC(C)(C)C)C(C)(C)C(=O)O. The van der Waals surface area contributed by atoms with Crippen molar-refractivity contribution in [3.63, 3.8) is 0 Å². The van der Waals surface area contributed by atoms with Crippen molar-refractivity contribution in [1.82, 2.24) is 5.32 Å². The summed E-state index contributed by atoms with van der Waals surface area (Å²) in [5.41, 5.74) is -0.143. The van der Waals surface area contributed by atoms with E-state index in [1.165, 1.54) is 0 Å². The number of ether oxygens (including phenoxy) is 1. The van der Waals surface area contributed by atoms with Gasteiger partial charge in [-0.05, 0) is 52.7 Å². The van der Waals surface area contributed by atoms with Gasteiger partial charge in [0.1, 0.15) is 5.60 Å². The first-order valence-electron chi connectivity index (χ1n) is 7.23. The zero-order chi connectivity index (χ0) is 17.1. The fraction of sp³-hybridized carbons (Fsp3) is 0.529. The minimum absolute atomic E-state index is 0.630. The van der Waals surface area contributed by atoms with Crippen LogP contribution in [0.15, 0.2) is 24.3 Å². The molecule has 0 saturated carbocycles. The lowest BCUT2D eigenvalue weighted by molar-refractivity contribution is -0.148. The first-order valence-corrected chi connectivity index (χ1v) is 7.23. The normalized spacial score (nSPS) is 13.4. The van der Waals surface area contributed by atoms with Crippen LogP contribution in [0.5, 0.6) is 0 Å². The molecule has 1 rings (SSSR count). The summed E-state index contributed by atoms with van der Waals surface area (Å²) in [6.07, 6.45) is -0.630. The Morgan fingerprint density at radius 1 is 1.14 bits per heavy atom. The molecule has 0 bridgehead atoms. The van der Waals surface area contributed by atoms with Crippen LogP contribution in [0, 0.1) is 12.3 Å². The number of amides is 1. The van der Waals surface area contributed by atoms with Gasteiger partial charge in [0.25, 0.3) is 0 Å². The smallest absolute Gasteiger partial charge is 0.408 e. The Morgan fingerprint density at radius 2 is 1.68 bits per heavy atom. The molecular weight excluding hydrogens is 282 g/mol. The second-order valence-electron chi connectivity index (χ2n) is 6.96. The van der Waals surface area contributed by atoms with Gasteiger partial charge in [0.2, 0.25) is 0 Å². The predicted octanol–water partition coefficient (Wildman–Crippen LogP) is 3.67. The maximum absolute atomic E-state index is 12.1. The number of rotatable bonds is 4. The molecule has 1 aromatic rings. The second kappa shape index (κ2) is 6.38. The van der Waals surface area contributed by atoms with Gasteiger partial charge in [-0.25, -0.2) is 4.79 Å². The number of hydrogen-bond donors (Lipinski definition) is 2. The van der Waals surface area contributed by atoms with Crippen LogP contribution >= 0.6 is 0 Å². The van der Waals surface area contributed by atoms with Crippen molar-refractivity contribution in [2.75, 3.05) is 0 Å². The summed E-state index contributed by atoms with van der Waals surface area (Å²) < 4.78 is 5.26. The third kappa shape index (κ3) is 4.48. The van der Waals surface area contributed by atoms with Crippen LogP contribution in [0.2, 0.25) is 0 Å². The quantitative estimate of drug-likeness (QED) is 0.890. The third-order valence-electron chi connectivity index (χ3n) is 3.43. The molecule has 2 N–H and O–H groups in total. The Balaban J connectivity index is 3.17. The Hall–Kier alpha value is -2.04. The minimum Gasteiger partial charge on any atom is -0.481 e. The molecule has 0 aliphatic carbocycles. The summed E-state index contributed by atoms with van der Waals surface area (Å²) in [6.45, 7) is 10.3. The molecule has 0 aromatic heterocycles. The third-order valence-corrected chi connectivity index (χ3v) is 3.43. The monoisotopic (exact) mass is 307 g/mol. The maximum Gasteiger partial charge on any atom is 0.408 e. The zero-order valence-electron chi connectivity index (χ0n) is 14.1. The molecule has 1 aromatic carbocycles. The van der Waals surface area contributed by atoms with Crippen LogP contribution in [0.3, 0.4) is 0 Å². The van der Waals surface area contributed by atoms with Gasteiger partial charge >= 0.3 is 12.1 Å². The van der Waals surface area contributed by atoms with E-state index in [-0.39, 0.29) is 0 Å². The van der Waals surface area contributed by atoms with Gasteiger partial charge in [0.05, 0.1) is 11.5 Å². The number of benzene rings is 1. The molecule has 0 aliphatic rings. The Bertz CT molecular complexity index is 558. The lowest BCUT2D eigenvalue weighted by atomic mass is 9.79. The summed E-state index contributed by atoms with van der Waals surface area (Å²) in [6, 6.07) is 6.71. The number of aliphatic carboxylic acids is 1. The van der Waals surface area contributed by atoms with Crippen LogP contribution < -0.4 is 5.32 Å². The number of carbonyl (C=O) groups excluding carboxylic acids is 1. The van der Waals surface area contributed by atoms with Gasteiger partial charge in [-0.3, -0.25) is 4.79 Å². The van der Waals surface area contributed by atoms with Gasteiger partial charge in [-0.2, -0.15) is 0 Å². The van der Waals surface area contributed by atoms with E-state index < -0.39 is 29.1 Å². The number of carboxylic acid groups (broad SMARTS) is 1. The molecule has 0 unspecified atom stereocenters. The van der Waals surface area contributed by atoms with Crippen molar-refractivity contribution in [1.29, 1.82) is 0 Å². The van der Waals surface area contributed by atoms with Crippen molar-refractivity contribution >= 4 is 12.1 Å². The van der Waals surface area contributed by atoms with Gasteiger partial charge in [0.15, 0.2) is 0 Å². The highest BCUT2D eigenvalue weighted by Gasteiger charge is 2.40. The standard InChI is InChI=1S/C17H25NO4/c1-11-9-7-8-10-12(11)13(17(5,6)14(19)20)18-15(21)22-16(2,3)4/h7-10,13H,1-6H3,(H,18,21)(H,19,20)/t13-/m1/s1. The first-order chi connectivity index (χ1) is 9.95. The summed E-state index contributed by atoms with van der Waals surface area (Å²) in [5.74, 6) is -0.989. The summed E-state index contributed by atoms with van der Waals surface area (Å²) >= 11 is 0. The van der Waals surface area contributed by atoms with Crippen LogP contribution in [0.4, 0.5) is 4.79 Å². The van der Waals surface area contributed by atoms with Gasteiger partial charge in [-0.15, -0.1) is 0 Å². The predicted molar refractivity (Wildman–Crippen MR) is 84.7 cm³/mol. The Kier molecular flexibility index (Phi) is 5.22. The van der Waals surface area contributed by atoms with Crippen molar-refractivity contribution < 1.29 is 19.4 Å². The van der Waals surface area contributed by atoms with E-state index in [0.717, 1.165) is 11.1 Å². The van der Waals surface area contributed by atoms with E-state index in [1.54, 1.807) is 34.6 Å². The van der Waals surface area contributed by atoms with E-state index >= 15 is 0 Å². The molecule has 0 fully saturated rings. The van der Waals surface area contributed by atoms with E-state index in [0.29, 0.717) is 0 Å². The molecule has 0 spiro atoms. The summed E-state index contributed by atoms with van der Waals surface area (Å²) in [5, 5.41) is 12.2. The van der Waals surface area contributed by atoms with E-state index in [4.69, 9.17) is 4.74 Å². The lowest BCUT2D eigenvalue weighted by Gasteiger charge is -2.33. The molecule has 0 radical (unpaired) electrons. The van der Waals surface area contributed by atoms with Gasteiger partial charge < -0.3 is 15.2 Å². The van der Waals surface area contributed by atoms with E-state index in [2.05, 4.69) is 5.32 Å². The summed E-state index contributed by atoms with van der Waals surface area (Å²) in [7, 11) is 0. The number of hydrogen-bond acceptors (Lipinski definition) is 3. The lowest BCUT2D eigenvalue weighted by Crippen LogP contribution is -2.44. The summed E-state index contributed by atoms with van der Waals surface area (Å²) in [4.78, 5) is 23.7. The highest BCUT2D eigenvalue weighted by Crippen LogP contribution is 2.35. The molecule has 0 heterocycles. The Labute approximate surface area is 131 Å². The highest BCUT2D eigenvalue weighted by atomic mass is 16.6. The maximum atomic E-state index is 12.1. The van der Waals surface area contributed by atoms with Crippen LogP contribution in [0.1, 0.15) is 51.8 Å². The van der Waals surface area contributed by atoms with Gasteiger partial charge in [-0.1, -0.05) is 24.3 Å². The van der Waals surface area contributed by atoms with Crippen LogP contribution in [-0.2, 0) is 9.53 Å². The van der Waals surface area contributed by atoms with Crippen LogP contribution in [0.25, 0.3) is 0 Å². The molecule has 0 aliphatic heterocycles. The molecule has 22 heavy (non-hydrogen) atoms. The number of aryl methyl sites for hydroxylation is 1. The first kappa shape index (κ1) is 18.0. The fourth-order valence-corrected chi connectivity index (χ4v) is 2.11. The molecule has 0 saturated heterocycles. The van der Waals surface area contributed by atoms with E-state index in [9.17, 15) is 14.7 Å². The Morgan fingerprint density at radius 3 is 2.14 bits per heavy atom. The van der Waals surface area contributed by atoms with Crippen molar-refractivity contribution in [2.45, 2.75) is 53.2 Å². The van der Waals surface area contributed by atoms with Crippen LogP contribution in [-0.4, -0.2) is 22.8 Å². The molecular formula is C17H25NO4. The zero-order valence-corrected chi connectivity index (χ0v) is 14.1. The number of carbonyl (C=O) groups is 2. The van der Waals surface area contributed by atoms with Gasteiger partial charge in [0, 0.05) is 0 Å². The molecule has 5 nitrogen and oxygen atoms in total.